The first-order chi connectivity index (χ1) is 16.7. The van der Waals surface area contributed by atoms with Crippen LogP contribution in [-0.2, 0) is 6.18 Å². The van der Waals surface area contributed by atoms with Gasteiger partial charge in [-0.05, 0) is 73.0 Å². The van der Waals surface area contributed by atoms with Crippen molar-refractivity contribution in [1.29, 1.82) is 0 Å². The van der Waals surface area contributed by atoms with Crippen molar-refractivity contribution in [1.82, 2.24) is 30.1 Å². The number of hydrogen-bond acceptors (Lipinski definition) is 6. The summed E-state index contributed by atoms with van der Waals surface area (Å²) in [4.78, 5) is 20.6. The lowest BCUT2D eigenvalue weighted by Gasteiger charge is -2.41. The molecule has 1 amide bonds. The molecule has 1 aromatic carbocycles. The molecule has 1 aliphatic heterocycles. The first-order valence-electron chi connectivity index (χ1n) is 11.3. The summed E-state index contributed by atoms with van der Waals surface area (Å²) in [7, 11) is 0. The molecule has 1 saturated carbocycles. The van der Waals surface area contributed by atoms with Gasteiger partial charge in [0.1, 0.15) is 12.0 Å². The minimum atomic E-state index is -4.48. The lowest BCUT2D eigenvalue weighted by atomic mass is 9.99. The van der Waals surface area contributed by atoms with E-state index in [1.54, 1.807) is 45.7 Å². The fourth-order valence-corrected chi connectivity index (χ4v) is 4.46. The predicted octanol–water partition coefficient (Wildman–Crippen LogP) is 3.61. The molecule has 12 heteroatoms. The summed E-state index contributed by atoms with van der Waals surface area (Å²) in [5.41, 5.74) is 0.313. The summed E-state index contributed by atoms with van der Waals surface area (Å²) in [6, 6.07) is 8.44. The zero-order valence-electron chi connectivity index (χ0n) is 18.9. The maximum absolute atomic E-state index is 15.4. The van der Waals surface area contributed by atoms with Crippen LogP contribution in [-0.4, -0.2) is 67.3 Å². The highest BCUT2D eigenvalue weighted by atomic mass is 19.4. The van der Waals surface area contributed by atoms with Crippen LogP contribution in [0.2, 0.25) is 0 Å². The van der Waals surface area contributed by atoms with E-state index < -0.39 is 24.0 Å². The fraction of sp³-hybridized carbons (Fsp3) is 0.435. The van der Waals surface area contributed by atoms with Crippen molar-refractivity contribution in [2.75, 3.05) is 18.0 Å². The number of anilines is 1. The van der Waals surface area contributed by atoms with Gasteiger partial charge in [-0.2, -0.15) is 17.9 Å². The van der Waals surface area contributed by atoms with Crippen molar-refractivity contribution in [3.63, 3.8) is 0 Å². The molecule has 1 aliphatic carbocycles. The highest BCUT2D eigenvalue weighted by molar-refractivity contribution is 5.95. The zero-order valence-corrected chi connectivity index (χ0v) is 18.9. The minimum Gasteiger partial charge on any atom is -0.354 e. The quantitative estimate of drug-likeness (QED) is 0.510. The van der Waals surface area contributed by atoms with Gasteiger partial charge >= 0.3 is 6.18 Å². The Morgan fingerprint density at radius 3 is 2.37 bits per heavy atom. The van der Waals surface area contributed by atoms with Gasteiger partial charge in [0, 0.05) is 24.3 Å². The van der Waals surface area contributed by atoms with Crippen LogP contribution in [0.3, 0.4) is 0 Å². The Hall–Kier alpha value is -3.57. The van der Waals surface area contributed by atoms with E-state index in [9.17, 15) is 18.0 Å². The smallest absolute Gasteiger partial charge is 0.354 e. The number of tetrazole rings is 1. The Labute approximate surface area is 198 Å². The van der Waals surface area contributed by atoms with E-state index in [4.69, 9.17) is 0 Å². The first kappa shape index (κ1) is 23.2. The van der Waals surface area contributed by atoms with Crippen molar-refractivity contribution in [2.24, 2.45) is 0 Å². The molecule has 0 radical (unpaired) electrons. The van der Waals surface area contributed by atoms with Crippen molar-refractivity contribution in [2.45, 2.75) is 50.6 Å². The average molecular weight is 489 g/mol. The van der Waals surface area contributed by atoms with E-state index in [0.29, 0.717) is 30.0 Å². The molecule has 2 aromatic heterocycles. The van der Waals surface area contributed by atoms with Crippen molar-refractivity contribution in [3.05, 3.63) is 59.5 Å². The van der Waals surface area contributed by atoms with Crippen LogP contribution in [0, 0.1) is 6.92 Å². The lowest BCUT2D eigenvalue weighted by molar-refractivity contribution is -0.137. The molecule has 184 valence electrons. The second-order valence-electron chi connectivity index (χ2n) is 8.85. The number of aromatic nitrogens is 5. The molecule has 0 N–H and O–H groups in total. The normalized spacial score (nSPS) is 20.7. The van der Waals surface area contributed by atoms with Crippen molar-refractivity contribution >= 4 is 11.7 Å². The summed E-state index contributed by atoms with van der Waals surface area (Å²) in [5, 5.41) is 11.4. The van der Waals surface area contributed by atoms with Crippen LogP contribution >= 0.6 is 0 Å². The van der Waals surface area contributed by atoms with E-state index in [-0.39, 0.29) is 24.3 Å². The summed E-state index contributed by atoms with van der Waals surface area (Å²) in [5.74, 6) is 0.663. The second-order valence-corrected chi connectivity index (χ2v) is 8.85. The maximum Gasteiger partial charge on any atom is 0.417 e. The van der Waals surface area contributed by atoms with E-state index in [2.05, 4.69) is 20.5 Å². The number of halogens is 4. The molecule has 3 heterocycles. The van der Waals surface area contributed by atoms with E-state index in [1.807, 2.05) is 0 Å². The topological polar surface area (TPSA) is 80.0 Å². The number of hydrogen-bond donors (Lipinski definition) is 0. The van der Waals surface area contributed by atoms with Crippen LogP contribution in [0.15, 0.2) is 42.6 Å². The Balaban J connectivity index is 1.29. The summed E-state index contributed by atoms with van der Waals surface area (Å²) >= 11 is 0. The van der Waals surface area contributed by atoms with Gasteiger partial charge in [-0.15, -0.1) is 5.10 Å². The van der Waals surface area contributed by atoms with Gasteiger partial charge < -0.3 is 9.80 Å². The van der Waals surface area contributed by atoms with E-state index in [0.717, 1.165) is 25.1 Å². The summed E-state index contributed by atoms with van der Waals surface area (Å²) in [6.07, 6.45) is -3.08. The molecule has 5 rings (SSSR count). The van der Waals surface area contributed by atoms with Crippen LogP contribution in [0.25, 0.3) is 5.69 Å². The van der Waals surface area contributed by atoms with Gasteiger partial charge in [0.25, 0.3) is 5.91 Å². The van der Waals surface area contributed by atoms with Gasteiger partial charge in [-0.3, -0.25) is 4.79 Å². The summed E-state index contributed by atoms with van der Waals surface area (Å²) < 4.78 is 55.4. The van der Waals surface area contributed by atoms with E-state index >= 15 is 4.39 Å². The molecule has 2 aliphatic rings. The molecule has 2 fully saturated rings. The van der Waals surface area contributed by atoms with Crippen LogP contribution in [0.4, 0.5) is 23.4 Å². The van der Waals surface area contributed by atoms with Gasteiger partial charge in [0.15, 0.2) is 5.82 Å². The molecular weight excluding hydrogens is 466 g/mol. The number of amides is 1. The number of nitrogens with zero attached hydrogens (tertiary/aromatic N) is 7. The molecule has 0 bridgehead atoms. The van der Waals surface area contributed by atoms with E-state index in [1.165, 1.54) is 6.07 Å². The number of pyridine rings is 1. The predicted molar refractivity (Wildman–Crippen MR) is 118 cm³/mol. The van der Waals surface area contributed by atoms with Crippen LogP contribution < -0.4 is 4.90 Å². The van der Waals surface area contributed by atoms with Crippen LogP contribution in [0.5, 0.6) is 0 Å². The lowest BCUT2D eigenvalue weighted by Crippen LogP contribution is -2.55. The molecule has 2 unspecified atom stereocenters. The second kappa shape index (κ2) is 8.90. The third-order valence-electron chi connectivity index (χ3n) is 6.42. The highest BCUT2D eigenvalue weighted by Gasteiger charge is 2.43. The Morgan fingerprint density at radius 2 is 1.83 bits per heavy atom. The number of aryl methyl sites for hydroxylation is 1. The standard InChI is InChI=1S/C23H23F4N7O/c1-14-29-30-31-34(14)18-5-2-15(3-6-18)22(35)33(17-7-8-17)20-10-11-32(13-19(20)24)21-9-4-16(12-28-21)23(25,26)27/h2-6,9,12,17,19-20H,7-8,10-11,13H2,1H3. The average Bonchev–Trinajstić information content (AvgIpc) is 3.59. The number of benzene rings is 1. The third kappa shape index (κ3) is 4.69. The fourth-order valence-electron chi connectivity index (χ4n) is 4.46. The molecule has 3 aromatic rings. The molecule has 2 atom stereocenters. The maximum atomic E-state index is 15.4. The number of carbonyl (C=O) groups excluding carboxylic acids is 1. The van der Waals surface area contributed by atoms with Crippen molar-refractivity contribution < 1.29 is 22.4 Å². The zero-order chi connectivity index (χ0) is 24.7. The minimum absolute atomic E-state index is 0.0112. The molecule has 0 spiro atoms. The van der Waals surface area contributed by atoms with Crippen LogP contribution in [0.1, 0.15) is 41.0 Å². The van der Waals surface area contributed by atoms with Gasteiger partial charge in [-0.1, -0.05) is 0 Å². The number of carbonyl (C=O) groups is 1. The highest BCUT2D eigenvalue weighted by Crippen LogP contribution is 2.35. The van der Waals surface area contributed by atoms with Crippen molar-refractivity contribution in [3.8, 4) is 5.69 Å². The van der Waals surface area contributed by atoms with Gasteiger partial charge in [-0.25, -0.2) is 9.37 Å². The SMILES string of the molecule is Cc1nnnn1-c1ccc(C(=O)N(C2CC2)C2CCN(c3ccc(C(F)(F)F)cn3)CC2F)cc1. The van der Waals surface area contributed by atoms with Gasteiger partial charge in [0.05, 0.1) is 23.8 Å². The number of rotatable bonds is 5. The molecular formula is C23H23F4N7O. The number of alkyl halides is 4. The number of piperidine rings is 1. The Morgan fingerprint density at radius 1 is 1.09 bits per heavy atom. The monoisotopic (exact) mass is 489 g/mol. The molecule has 35 heavy (non-hydrogen) atoms. The molecule has 8 nitrogen and oxygen atoms in total. The molecule has 1 saturated heterocycles. The largest absolute Gasteiger partial charge is 0.417 e. The third-order valence-corrected chi connectivity index (χ3v) is 6.42. The summed E-state index contributed by atoms with van der Waals surface area (Å²) in [6.45, 7) is 2.11. The first-order valence-corrected chi connectivity index (χ1v) is 11.3. The Kier molecular flexibility index (Phi) is 5.89. The Bertz CT molecular complexity index is 1190. The van der Waals surface area contributed by atoms with Gasteiger partial charge in [0.2, 0.25) is 0 Å².